The number of rotatable bonds is 1. The fraction of sp³-hybridized carbons (Fsp3) is 0.333. The number of carbonyl (C=O) groups excluding carboxylic acids is 3. The lowest BCUT2D eigenvalue weighted by atomic mass is 9.66. The number of nitriles is 1. The number of halogens is 1. The number of barbiturate groups is 1. The zero-order valence-electron chi connectivity index (χ0n) is 18.2. The van der Waals surface area contributed by atoms with Crippen molar-refractivity contribution >= 4 is 40.3 Å². The third-order valence-electron chi connectivity index (χ3n) is 6.84. The summed E-state index contributed by atoms with van der Waals surface area (Å²) in [5.74, 6) is -2.25. The number of carbonyl (C=O) groups is 3. The van der Waals surface area contributed by atoms with E-state index in [9.17, 15) is 19.6 Å². The molecule has 13 nitrogen and oxygen atoms in total. The average Bonchev–Trinajstić information content (AvgIpc) is 3.40. The van der Waals surface area contributed by atoms with Crippen molar-refractivity contribution in [2.75, 3.05) is 23.8 Å². The molecular weight excluding hydrogens is 463 g/mol. The van der Waals surface area contributed by atoms with E-state index in [4.69, 9.17) is 15.0 Å². The van der Waals surface area contributed by atoms with Crippen LogP contribution in [-0.4, -0.2) is 58.1 Å². The maximum absolute atomic E-state index is 16.0. The summed E-state index contributed by atoms with van der Waals surface area (Å²) in [4.78, 5) is 39.8. The van der Waals surface area contributed by atoms with Gasteiger partial charge < -0.3 is 19.9 Å². The minimum atomic E-state index is -1.75. The van der Waals surface area contributed by atoms with Crippen molar-refractivity contribution in [3.8, 4) is 11.9 Å². The summed E-state index contributed by atoms with van der Waals surface area (Å²) in [6.45, 7) is 2.12. The standard InChI is InChI=1S/C21H17FN8O5/c1-8-15-21(18(31)25-20(33)26-19(21)32)5-9-4-11-14(12(22)13(9)29(15)2-3-34-8)35-28-17(11)30-7-10(6-23)16(24)27-30/h4,7-8,15H,2-3,5H2,1H3,(H2,24,27)(H2,25,26,31,32,33)/t8-,15+/m0/s1. The van der Waals surface area contributed by atoms with Crippen LogP contribution in [0.2, 0.25) is 0 Å². The van der Waals surface area contributed by atoms with Crippen molar-refractivity contribution in [2.24, 2.45) is 5.41 Å². The molecule has 0 saturated carbocycles. The highest BCUT2D eigenvalue weighted by molar-refractivity contribution is 6.20. The topological polar surface area (TPSA) is 181 Å². The van der Waals surface area contributed by atoms with Crippen molar-refractivity contribution in [2.45, 2.75) is 25.5 Å². The van der Waals surface area contributed by atoms with Gasteiger partial charge in [0, 0.05) is 13.0 Å². The molecule has 6 rings (SSSR count). The van der Waals surface area contributed by atoms with Crippen molar-refractivity contribution < 1.29 is 28.0 Å². The van der Waals surface area contributed by atoms with Crippen molar-refractivity contribution in [3.05, 3.63) is 29.2 Å². The molecule has 0 radical (unpaired) electrons. The van der Waals surface area contributed by atoms with Gasteiger partial charge in [0.25, 0.3) is 0 Å². The summed E-state index contributed by atoms with van der Waals surface area (Å²) in [5.41, 5.74) is 4.44. The van der Waals surface area contributed by atoms with Crippen LogP contribution < -0.4 is 21.3 Å². The number of aromatic nitrogens is 3. The normalized spacial score (nSPS) is 23.0. The Kier molecular flexibility index (Phi) is 4.21. The van der Waals surface area contributed by atoms with Gasteiger partial charge >= 0.3 is 6.03 Å². The first-order chi connectivity index (χ1) is 16.8. The highest BCUT2D eigenvalue weighted by Gasteiger charge is 2.62. The number of nitrogens with two attached hydrogens (primary N) is 1. The van der Waals surface area contributed by atoms with E-state index >= 15 is 4.39 Å². The molecule has 3 aromatic rings. The van der Waals surface area contributed by atoms with Crippen LogP contribution in [0.3, 0.4) is 0 Å². The SMILES string of the molecule is C[C@@H]1OCCN2c3c(cc4c(-n5cc(C#N)c(N)n5)noc4c3F)CC3(C(=O)NC(=O)NC3=O)[C@@H]12. The maximum atomic E-state index is 16.0. The molecule has 14 heteroatoms. The monoisotopic (exact) mass is 480 g/mol. The number of benzene rings is 1. The fourth-order valence-corrected chi connectivity index (χ4v) is 5.40. The van der Waals surface area contributed by atoms with Gasteiger partial charge in [-0.05, 0) is 18.6 Å². The van der Waals surface area contributed by atoms with E-state index in [1.807, 2.05) is 6.07 Å². The van der Waals surface area contributed by atoms with Crippen molar-refractivity contribution in [1.29, 1.82) is 5.26 Å². The van der Waals surface area contributed by atoms with Crippen LogP contribution >= 0.6 is 0 Å². The molecule has 2 fully saturated rings. The van der Waals surface area contributed by atoms with E-state index < -0.39 is 41.2 Å². The molecule has 3 aliphatic rings. The first-order valence-electron chi connectivity index (χ1n) is 10.7. The lowest BCUT2D eigenvalue weighted by molar-refractivity contribution is -0.151. The largest absolute Gasteiger partial charge is 0.381 e. The van der Waals surface area contributed by atoms with E-state index in [0.717, 1.165) is 0 Å². The summed E-state index contributed by atoms with van der Waals surface area (Å²) < 4.78 is 28.2. The smallest absolute Gasteiger partial charge is 0.328 e. The third-order valence-corrected chi connectivity index (χ3v) is 6.84. The summed E-state index contributed by atoms with van der Waals surface area (Å²) in [5, 5.41) is 21.7. The fourth-order valence-electron chi connectivity index (χ4n) is 5.40. The molecule has 1 spiro atoms. The van der Waals surface area contributed by atoms with Gasteiger partial charge in [-0.15, -0.1) is 5.10 Å². The van der Waals surface area contributed by atoms with Gasteiger partial charge in [-0.2, -0.15) is 5.26 Å². The van der Waals surface area contributed by atoms with Crippen molar-refractivity contribution in [1.82, 2.24) is 25.6 Å². The molecule has 3 aliphatic heterocycles. The molecule has 0 aliphatic carbocycles. The molecule has 4 N–H and O–H groups in total. The Labute approximate surface area is 195 Å². The number of anilines is 2. The molecule has 4 amide bonds. The van der Waals surface area contributed by atoms with Crippen LogP contribution in [0.15, 0.2) is 16.8 Å². The summed E-state index contributed by atoms with van der Waals surface area (Å²) in [6, 6.07) is 1.67. The Bertz CT molecular complexity index is 1480. The van der Waals surface area contributed by atoms with Crippen LogP contribution in [0, 0.1) is 22.6 Å². The molecule has 2 atom stereocenters. The van der Waals surface area contributed by atoms with Crippen molar-refractivity contribution in [3.63, 3.8) is 0 Å². The Morgan fingerprint density at radius 2 is 2.06 bits per heavy atom. The quantitative estimate of drug-likeness (QED) is 0.404. The minimum Gasteiger partial charge on any atom is -0.381 e. The number of hydrogen-bond acceptors (Lipinski definition) is 10. The molecule has 35 heavy (non-hydrogen) atoms. The number of nitrogens with one attached hydrogen (secondary N) is 2. The number of urea groups is 1. The predicted octanol–water partition coefficient (Wildman–Crippen LogP) is 0.109. The van der Waals surface area contributed by atoms with E-state index in [1.165, 1.54) is 10.9 Å². The molecule has 2 aromatic heterocycles. The first kappa shape index (κ1) is 21.1. The molecule has 0 unspecified atom stereocenters. The predicted molar refractivity (Wildman–Crippen MR) is 115 cm³/mol. The summed E-state index contributed by atoms with van der Waals surface area (Å²) in [7, 11) is 0. The van der Waals surface area contributed by atoms with Crippen LogP contribution in [0.25, 0.3) is 16.8 Å². The molecular formula is C21H17FN8O5. The Balaban J connectivity index is 1.59. The number of fused-ring (bicyclic) bond motifs is 5. The second-order valence-corrected chi connectivity index (χ2v) is 8.67. The maximum Gasteiger partial charge on any atom is 0.328 e. The molecule has 5 heterocycles. The lowest BCUT2D eigenvalue weighted by Gasteiger charge is -2.54. The molecule has 0 bridgehead atoms. The Morgan fingerprint density at radius 1 is 1.31 bits per heavy atom. The number of nitrogens with zero attached hydrogens (tertiary/aromatic N) is 5. The van der Waals surface area contributed by atoms with Gasteiger partial charge in [0.15, 0.2) is 17.1 Å². The average molecular weight is 480 g/mol. The third kappa shape index (κ3) is 2.66. The minimum absolute atomic E-state index is 0.0357. The van der Waals surface area contributed by atoms with Gasteiger partial charge in [-0.25, -0.2) is 13.9 Å². The zero-order chi connectivity index (χ0) is 24.6. The molecule has 2 saturated heterocycles. The van der Waals surface area contributed by atoms with E-state index in [0.29, 0.717) is 5.56 Å². The number of morpholine rings is 1. The summed E-state index contributed by atoms with van der Waals surface area (Å²) in [6.07, 6.45) is 0.502. The molecule has 1 aromatic carbocycles. The Hall–Kier alpha value is -4.51. The number of imide groups is 2. The Morgan fingerprint density at radius 3 is 2.74 bits per heavy atom. The van der Waals surface area contributed by atoms with E-state index in [1.54, 1.807) is 17.9 Å². The number of ether oxygens (including phenoxy) is 1. The highest BCUT2D eigenvalue weighted by Crippen LogP contribution is 2.48. The van der Waals surface area contributed by atoms with Gasteiger partial charge in [-0.3, -0.25) is 20.2 Å². The second kappa shape index (κ2) is 7.00. The second-order valence-electron chi connectivity index (χ2n) is 8.67. The van der Waals surface area contributed by atoms with Gasteiger partial charge in [0.05, 0.1) is 36.0 Å². The first-order valence-corrected chi connectivity index (χ1v) is 10.7. The van der Waals surface area contributed by atoms with Gasteiger partial charge in [-0.1, -0.05) is 5.16 Å². The van der Waals surface area contributed by atoms with Gasteiger partial charge in [0.1, 0.15) is 11.6 Å². The highest BCUT2D eigenvalue weighted by atomic mass is 19.1. The lowest BCUT2D eigenvalue weighted by Crippen LogP contribution is -2.74. The van der Waals surface area contributed by atoms with E-state index in [2.05, 4.69) is 20.9 Å². The van der Waals surface area contributed by atoms with E-state index in [-0.39, 0.29) is 53.4 Å². The van der Waals surface area contributed by atoms with Crippen LogP contribution in [0.4, 0.5) is 20.7 Å². The number of nitrogen functional groups attached to an aromatic ring is 1. The van der Waals surface area contributed by atoms with Crippen LogP contribution in [-0.2, 0) is 20.7 Å². The number of hydrogen-bond donors (Lipinski definition) is 3. The zero-order valence-corrected chi connectivity index (χ0v) is 18.2. The molecule has 178 valence electrons. The van der Waals surface area contributed by atoms with Gasteiger partial charge in [0.2, 0.25) is 23.2 Å². The van der Waals surface area contributed by atoms with Crippen LogP contribution in [0.5, 0.6) is 0 Å². The number of amides is 4. The summed E-state index contributed by atoms with van der Waals surface area (Å²) >= 11 is 0. The van der Waals surface area contributed by atoms with Crippen LogP contribution in [0.1, 0.15) is 18.1 Å².